The van der Waals surface area contributed by atoms with E-state index in [-0.39, 0.29) is 6.10 Å². The van der Waals surface area contributed by atoms with E-state index in [9.17, 15) is 5.11 Å². The Kier molecular flexibility index (Phi) is 5.21. The molecule has 0 amide bonds. The third kappa shape index (κ3) is 4.11. The van der Waals surface area contributed by atoms with Gasteiger partial charge in [0.25, 0.3) is 0 Å². The summed E-state index contributed by atoms with van der Waals surface area (Å²) in [4.78, 5) is 2.48. The Hall–Kier alpha value is -0.860. The Morgan fingerprint density at radius 3 is 2.44 bits per heavy atom. The lowest BCUT2D eigenvalue weighted by atomic mass is 9.92. The highest BCUT2D eigenvalue weighted by molar-refractivity contribution is 5.14. The highest BCUT2D eigenvalue weighted by Crippen LogP contribution is 2.22. The van der Waals surface area contributed by atoms with Crippen LogP contribution in [0.2, 0.25) is 0 Å². The molecule has 0 saturated heterocycles. The van der Waals surface area contributed by atoms with Gasteiger partial charge in [-0.15, -0.1) is 0 Å². The molecular weight excluding hydrogens is 222 g/mol. The van der Waals surface area contributed by atoms with Gasteiger partial charge in [0.2, 0.25) is 0 Å². The van der Waals surface area contributed by atoms with E-state index in [4.69, 9.17) is 0 Å². The fourth-order valence-corrected chi connectivity index (χ4v) is 2.86. The lowest BCUT2D eigenvalue weighted by molar-refractivity contribution is 0.0839. The first-order valence-electron chi connectivity index (χ1n) is 7.18. The van der Waals surface area contributed by atoms with Crippen LogP contribution in [0.1, 0.15) is 37.7 Å². The second-order valence-corrected chi connectivity index (χ2v) is 5.53. The van der Waals surface area contributed by atoms with Crippen LogP contribution in [0, 0.1) is 0 Å². The van der Waals surface area contributed by atoms with Gasteiger partial charge in [-0.1, -0.05) is 30.3 Å². The van der Waals surface area contributed by atoms with Crippen LogP contribution in [0.3, 0.4) is 0 Å². The lowest BCUT2D eigenvalue weighted by Gasteiger charge is -2.33. The van der Waals surface area contributed by atoms with Crippen molar-refractivity contribution in [3.8, 4) is 0 Å². The number of rotatable bonds is 5. The molecule has 0 aromatic heterocycles. The van der Waals surface area contributed by atoms with Crippen molar-refractivity contribution in [1.82, 2.24) is 4.90 Å². The summed E-state index contributed by atoms with van der Waals surface area (Å²) in [7, 11) is 2.23. The molecule has 0 radical (unpaired) electrons. The molecular formula is C16H25NO. The molecule has 1 aromatic rings. The van der Waals surface area contributed by atoms with Crippen LogP contribution in [0.4, 0.5) is 0 Å². The molecule has 1 aliphatic rings. The summed E-state index contributed by atoms with van der Waals surface area (Å²) >= 11 is 0. The number of hydrogen-bond acceptors (Lipinski definition) is 2. The van der Waals surface area contributed by atoms with Crippen LogP contribution in [0.25, 0.3) is 0 Å². The molecule has 1 aromatic carbocycles. The van der Waals surface area contributed by atoms with Gasteiger partial charge in [0.15, 0.2) is 0 Å². The monoisotopic (exact) mass is 247 g/mol. The average molecular weight is 247 g/mol. The second kappa shape index (κ2) is 6.91. The number of aliphatic hydroxyl groups is 1. The number of hydrogen-bond donors (Lipinski definition) is 1. The minimum atomic E-state index is -0.0426. The van der Waals surface area contributed by atoms with Crippen molar-refractivity contribution in [2.75, 3.05) is 13.6 Å². The molecule has 0 aliphatic heterocycles. The highest BCUT2D eigenvalue weighted by Gasteiger charge is 2.21. The SMILES string of the molecule is CN(CCCc1ccccc1)[C@H]1CC[C@H](O)CC1. The van der Waals surface area contributed by atoms with Gasteiger partial charge in [-0.05, 0) is 57.7 Å². The van der Waals surface area contributed by atoms with Gasteiger partial charge in [-0.2, -0.15) is 0 Å². The van der Waals surface area contributed by atoms with E-state index in [1.807, 2.05) is 0 Å². The maximum Gasteiger partial charge on any atom is 0.0541 e. The second-order valence-electron chi connectivity index (χ2n) is 5.53. The van der Waals surface area contributed by atoms with E-state index in [0.29, 0.717) is 6.04 Å². The van der Waals surface area contributed by atoms with Crippen LogP contribution in [0.5, 0.6) is 0 Å². The summed E-state index contributed by atoms with van der Waals surface area (Å²) in [5, 5.41) is 9.51. The Morgan fingerprint density at radius 2 is 1.78 bits per heavy atom. The van der Waals surface area contributed by atoms with E-state index >= 15 is 0 Å². The molecule has 0 atom stereocenters. The molecule has 2 rings (SSSR count). The first kappa shape index (κ1) is 13.6. The van der Waals surface area contributed by atoms with E-state index in [1.165, 1.54) is 18.4 Å². The fraction of sp³-hybridized carbons (Fsp3) is 0.625. The quantitative estimate of drug-likeness (QED) is 0.865. The Balaban J connectivity index is 1.67. The van der Waals surface area contributed by atoms with Crippen LogP contribution in [-0.4, -0.2) is 35.7 Å². The number of nitrogens with zero attached hydrogens (tertiary/aromatic N) is 1. The smallest absolute Gasteiger partial charge is 0.0541 e. The summed E-state index contributed by atoms with van der Waals surface area (Å²) in [5.41, 5.74) is 1.44. The molecule has 0 heterocycles. The van der Waals surface area contributed by atoms with E-state index < -0.39 is 0 Å². The zero-order valence-electron chi connectivity index (χ0n) is 11.4. The zero-order valence-corrected chi connectivity index (χ0v) is 11.4. The molecule has 1 N–H and O–H groups in total. The van der Waals surface area contributed by atoms with E-state index in [0.717, 1.165) is 32.2 Å². The van der Waals surface area contributed by atoms with Crippen molar-refractivity contribution in [3.63, 3.8) is 0 Å². The topological polar surface area (TPSA) is 23.5 Å². The van der Waals surface area contributed by atoms with Gasteiger partial charge in [0.05, 0.1) is 6.10 Å². The maximum absolute atomic E-state index is 9.51. The number of aryl methyl sites for hydroxylation is 1. The molecule has 1 saturated carbocycles. The molecule has 1 fully saturated rings. The first-order valence-corrected chi connectivity index (χ1v) is 7.18. The normalized spacial score (nSPS) is 24.4. The van der Waals surface area contributed by atoms with E-state index in [1.54, 1.807) is 0 Å². The summed E-state index contributed by atoms with van der Waals surface area (Å²) < 4.78 is 0. The average Bonchev–Trinajstić information content (AvgIpc) is 2.40. The third-order valence-electron chi connectivity index (χ3n) is 4.11. The van der Waals surface area contributed by atoms with Gasteiger partial charge in [-0.3, -0.25) is 0 Å². The Labute approximate surface area is 111 Å². The van der Waals surface area contributed by atoms with Gasteiger partial charge >= 0.3 is 0 Å². The van der Waals surface area contributed by atoms with E-state index in [2.05, 4.69) is 42.3 Å². The predicted octanol–water partition coefficient (Wildman–Crippen LogP) is 2.85. The Morgan fingerprint density at radius 1 is 1.11 bits per heavy atom. The van der Waals surface area contributed by atoms with Gasteiger partial charge in [-0.25, -0.2) is 0 Å². The van der Waals surface area contributed by atoms with Crippen LogP contribution in [-0.2, 0) is 6.42 Å². The van der Waals surface area contributed by atoms with Gasteiger partial charge in [0, 0.05) is 6.04 Å². The van der Waals surface area contributed by atoms with Gasteiger partial charge in [0.1, 0.15) is 0 Å². The maximum atomic E-state index is 9.51. The molecule has 1 aliphatic carbocycles. The first-order chi connectivity index (χ1) is 8.75. The van der Waals surface area contributed by atoms with Crippen molar-refractivity contribution < 1.29 is 5.11 Å². The van der Waals surface area contributed by atoms with Crippen molar-refractivity contribution in [1.29, 1.82) is 0 Å². The molecule has 100 valence electrons. The molecule has 0 bridgehead atoms. The van der Waals surface area contributed by atoms with Crippen molar-refractivity contribution in [2.24, 2.45) is 0 Å². The molecule has 0 spiro atoms. The third-order valence-corrected chi connectivity index (χ3v) is 4.11. The summed E-state index contributed by atoms with van der Waals surface area (Å²) in [6.07, 6.45) is 6.62. The molecule has 2 heteroatoms. The minimum Gasteiger partial charge on any atom is -0.393 e. The lowest BCUT2D eigenvalue weighted by Crippen LogP contribution is -2.37. The zero-order chi connectivity index (χ0) is 12.8. The summed E-state index contributed by atoms with van der Waals surface area (Å²) in [6.45, 7) is 1.16. The summed E-state index contributed by atoms with van der Waals surface area (Å²) in [5.74, 6) is 0. The van der Waals surface area contributed by atoms with Crippen LogP contribution in [0.15, 0.2) is 30.3 Å². The molecule has 2 nitrogen and oxygen atoms in total. The largest absolute Gasteiger partial charge is 0.393 e. The standard InChI is InChI=1S/C16H25NO/c1-17(15-9-11-16(18)12-10-15)13-5-8-14-6-3-2-4-7-14/h2-4,6-7,15-16,18H,5,8-13H2,1H3/t15-,16-. The fourth-order valence-electron chi connectivity index (χ4n) is 2.86. The highest BCUT2D eigenvalue weighted by atomic mass is 16.3. The van der Waals surface area contributed by atoms with Crippen molar-refractivity contribution >= 4 is 0 Å². The van der Waals surface area contributed by atoms with Crippen LogP contribution < -0.4 is 0 Å². The predicted molar refractivity (Wildman–Crippen MR) is 75.7 cm³/mol. The van der Waals surface area contributed by atoms with Crippen molar-refractivity contribution in [3.05, 3.63) is 35.9 Å². The van der Waals surface area contributed by atoms with Crippen molar-refractivity contribution in [2.45, 2.75) is 50.7 Å². The molecule has 18 heavy (non-hydrogen) atoms. The summed E-state index contributed by atoms with van der Waals surface area (Å²) in [6, 6.07) is 11.4. The Bertz CT molecular complexity index is 330. The number of benzene rings is 1. The molecule has 0 unspecified atom stereocenters. The minimum absolute atomic E-state index is 0.0426. The van der Waals surface area contributed by atoms with Gasteiger partial charge < -0.3 is 10.0 Å². The number of aliphatic hydroxyl groups excluding tert-OH is 1. The van der Waals surface area contributed by atoms with Crippen LogP contribution >= 0.6 is 0 Å².